The molecule has 1 amide bonds. The first kappa shape index (κ1) is 22.3. The second-order valence-corrected chi connectivity index (χ2v) is 9.04. The van der Waals surface area contributed by atoms with E-state index >= 15 is 0 Å². The number of piperidine rings is 1. The van der Waals surface area contributed by atoms with Gasteiger partial charge in [-0.25, -0.2) is 0 Å². The fraction of sp³-hybridized carbons (Fsp3) is 0.462. The third-order valence-electron chi connectivity index (χ3n) is 6.73. The van der Waals surface area contributed by atoms with E-state index in [1.54, 1.807) is 0 Å². The molecule has 170 valence electrons. The number of benzene rings is 2. The second-order valence-electron chi connectivity index (χ2n) is 9.04. The normalized spacial score (nSPS) is 22.2. The maximum Gasteiger partial charge on any atom is 0.221 e. The summed E-state index contributed by atoms with van der Waals surface area (Å²) in [5, 5.41) is 3.55. The Hall–Kier alpha value is -2.86. The van der Waals surface area contributed by atoms with Gasteiger partial charge in [0.25, 0.3) is 0 Å². The number of likely N-dealkylation sites (tertiary alicyclic amines) is 2. The second kappa shape index (κ2) is 10.6. The van der Waals surface area contributed by atoms with Crippen molar-refractivity contribution in [2.45, 2.75) is 38.3 Å². The van der Waals surface area contributed by atoms with E-state index in [0.29, 0.717) is 5.92 Å². The molecule has 2 aromatic rings. The number of nitrogens with two attached hydrogens (primary N) is 1. The molecule has 6 nitrogen and oxygen atoms in total. The van der Waals surface area contributed by atoms with Gasteiger partial charge in [0, 0.05) is 45.7 Å². The zero-order valence-corrected chi connectivity index (χ0v) is 19.0. The number of amides is 1. The maximum absolute atomic E-state index is 11.6. The minimum Gasteiger partial charge on any atom is -0.369 e. The number of aliphatic imine (C=N–C) groups is 1. The highest BCUT2D eigenvalue weighted by molar-refractivity contribution is 5.80. The van der Waals surface area contributed by atoms with Gasteiger partial charge in [0.2, 0.25) is 5.91 Å². The SMILES string of the molecule is CN=C(NCc1cccc(CN2CCCC(C(N)=O)C2)c1)N1CCC(c2ccccc2)C1. The minimum atomic E-state index is -0.171. The van der Waals surface area contributed by atoms with Crippen LogP contribution in [0.1, 0.15) is 41.9 Å². The number of guanidine groups is 1. The summed E-state index contributed by atoms with van der Waals surface area (Å²) in [4.78, 5) is 20.8. The van der Waals surface area contributed by atoms with Crippen LogP contribution in [0.25, 0.3) is 0 Å². The van der Waals surface area contributed by atoms with Crippen LogP contribution in [-0.4, -0.2) is 54.9 Å². The van der Waals surface area contributed by atoms with Gasteiger partial charge in [-0.2, -0.15) is 0 Å². The van der Waals surface area contributed by atoms with Gasteiger partial charge >= 0.3 is 0 Å². The highest BCUT2D eigenvalue weighted by Crippen LogP contribution is 2.27. The molecule has 2 fully saturated rings. The molecule has 2 aromatic carbocycles. The van der Waals surface area contributed by atoms with Crippen molar-refractivity contribution in [1.82, 2.24) is 15.1 Å². The van der Waals surface area contributed by atoms with Crippen molar-refractivity contribution >= 4 is 11.9 Å². The number of carbonyl (C=O) groups excluding carboxylic acids is 1. The van der Waals surface area contributed by atoms with Crippen molar-refractivity contribution in [3.8, 4) is 0 Å². The number of rotatable bonds is 6. The Labute approximate surface area is 191 Å². The topological polar surface area (TPSA) is 74.0 Å². The molecule has 6 heteroatoms. The predicted octanol–water partition coefficient (Wildman–Crippen LogP) is 2.95. The summed E-state index contributed by atoms with van der Waals surface area (Å²) in [5.74, 6) is 1.34. The molecular weight excluding hydrogens is 398 g/mol. The van der Waals surface area contributed by atoms with Gasteiger partial charge in [-0.1, -0.05) is 54.6 Å². The van der Waals surface area contributed by atoms with Gasteiger partial charge in [-0.15, -0.1) is 0 Å². The lowest BCUT2D eigenvalue weighted by Gasteiger charge is -2.31. The summed E-state index contributed by atoms with van der Waals surface area (Å²) < 4.78 is 0. The van der Waals surface area contributed by atoms with Crippen LogP contribution in [0, 0.1) is 5.92 Å². The highest BCUT2D eigenvalue weighted by atomic mass is 16.1. The Balaban J connectivity index is 1.31. The molecular formula is C26H35N5O. The van der Waals surface area contributed by atoms with Crippen LogP contribution in [0.4, 0.5) is 0 Å². The van der Waals surface area contributed by atoms with Gasteiger partial charge in [0.1, 0.15) is 0 Å². The van der Waals surface area contributed by atoms with Crippen molar-refractivity contribution in [3.63, 3.8) is 0 Å². The van der Waals surface area contributed by atoms with E-state index in [1.165, 1.54) is 16.7 Å². The first-order valence-corrected chi connectivity index (χ1v) is 11.7. The van der Waals surface area contributed by atoms with Crippen LogP contribution in [0.5, 0.6) is 0 Å². The molecule has 3 N–H and O–H groups in total. The molecule has 2 unspecified atom stereocenters. The molecule has 2 saturated heterocycles. The smallest absolute Gasteiger partial charge is 0.221 e. The maximum atomic E-state index is 11.6. The van der Waals surface area contributed by atoms with E-state index < -0.39 is 0 Å². The van der Waals surface area contributed by atoms with Gasteiger partial charge < -0.3 is 16.0 Å². The minimum absolute atomic E-state index is 0.0166. The van der Waals surface area contributed by atoms with Crippen LogP contribution in [-0.2, 0) is 17.9 Å². The Kier molecular flexibility index (Phi) is 7.43. The molecule has 2 aliphatic heterocycles. The molecule has 0 radical (unpaired) electrons. The Morgan fingerprint density at radius 3 is 2.66 bits per heavy atom. The molecule has 0 bridgehead atoms. The van der Waals surface area contributed by atoms with E-state index in [-0.39, 0.29) is 11.8 Å². The zero-order valence-electron chi connectivity index (χ0n) is 19.0. The highest BCUT2D eigenvalue weighted by Gasteiger charge is 2.26. The largest absolute Gasteiger partial charge is 0.369 e. The summed E-state index contributed by atoms with van der Waals surface area (Å²) in [6.45, 7) is 5.42. The van der Waals surface area contributed by atoms with Crippen LogP contribution < -0.4 is 11.1 Å². The van der Waals surface area contributed by atoms with Crippen LogP contribution in [0.15, 0.2) is 59.6 Å². The molecule has 2 atom stereocenters. The molecule has 32 heavy (non-hydrogen) atoms. The Morgan fingerprint density at radius 2 is 1.88 bits per heavy atom. The fourth-order valence-corrected chi connectivity index (χ4v) is 4.99. The average molecular weight is 434 g/mol. The number of nitrogens with one attached hydrogen (secondary N) is 1. The summed E-state index contributed by atoms with van der Waals surface area (Å²) in [5.41, 5.74) is 9.46. The average Bonchev–Trinajstić information content (AvgIpc) is 3.31. The van der Waals surface area contributed by atoms with Crippen LogP contribution in [0.3, 0.4) is 0 Å². The van der Waals surface area contributed by atoms with Crippen molar-refractivity contribution in [1.29, 1.82) is 0 Å². The first-order chi connectivity index (χ1) is 15.6. The van der Waals surface area contributed by atoms with Gasteiger partial charge in [-0.3, -0.25) is 14.7 Å². The number of carbonyl (C=O) groups is 1. The fourth-order valence-electron chi connectivity index (χ4n) is 4.99. The molecule has 0 saturated carbocycles. The number of hydrogen-bond donors (Lipinski definition) is 2. The molecule has 0 aromatic heterocycles. The van der Waals surface area contributed by atoms with Gasteiger partial charge in [0.05, 0.1) is 5.92 Å². The van der Waals surface area contributed by atoms with Gasteiger partial charge in [-0.05, 0) is 42.5 Å². The van der Waals surface area contributed by atoms with Crippen LogP contribution >= 0.6 is 0 Å². The van der Waals surface area contributed by atoms with Crippen molar-refractivity contribution in [2.75, 3.05) is 33.2 Å². The quantitative estimate of drug-likeness (QED) is 0.543. The van der Waals surface area contributed by atoms with E-state index in [0.717, 1.165) is 64.5 Å². The third kappa shape index (κ3) is 5.68. The standard InChI is InChI=1S/C26H35N5O/c1-28-26(31-14-12-23(19-31)22-9-3-2-4-10-22)29-16-20-7-5-8-21(15-20)17-30-13-6-11-24(18-30)25(27)32/h2-5,7-10,15,23-24H,6,11-14,16-19H2,1H3,(H2,27,32)(H,28,29). The first-order valence-electron chi connectivity index (χ1n) is 11.7. The summed E-state index contributed by atoms with van der Waals surface area (Å²) in [7, 11) is 1.86. The van der Waals surface area contributed by atoms with Crippen LogP contribution in [0.2, 0.25) is 0 Å². The molecule has 0 aliphatic carbocycles. The lowest BCUT2D eigenvalue weighted by Crippen LogP contribution is -2.40. The molecule has 0 spiro atoms. The van der Waals surface area contributed by atoms with E-state index in [9.17, 15) is 4.79 Å². The van der Waals surface area contributed by atoms with Crippen molar-refractivity contribution in [3.05, 3.63) is 71.3 Å². The Bertz CT molecular complexity index is 929. The third-order valence-corrected chi connectivity index (χ3v) is 6.73. The monoisotopic (exact) mass is 433 g/mol. The molecule has 4 rings (SSSR count). The van der Waals surface area contributed by atoms with Crippen molar-refractivity contribution < 1.29 is 4.79 Å². The predicted molar refractivity (Wildman–Crippen MR) is 129 cm³/mol. The number of primary amides is 1. The van der Waals surface area contributed by atoms with E-state index in [2.05, 4.69) is 74.7 Å². The van der Waals surface area contributed by atoms with Crippen molar-refractivity contribution in [2.24, 2.45) is 16.6 Å². The van der Waals surface area contributed by atoms with E-state index in [4.69, 9.17) is 5.73 Å². The Morgan fingerprint density at radius 1 is 1.06 bits per heavy atom. The molecule has 2 heterocycles. The number of nitrogens with zero attached hydrogens (tertiary/aromatic N) is 3. The molecule has 2 aliphatic rings. The summed E-state index contributed by atoms with van der Waals surface area (Å²) in [6.07, 6.45) is 3.10. The summed E-state index contributed by atoms with van der Waals surface area (Å²) >= 11 is 0. The zero-order chi connectivity index (χ0) is 22.3. The number of hydrogen-bond acceptors (Lipinski definition) is 3. The summed E-state index contributed by atoms with van der Waals surface area (Å²) in [6, 6.07) is 19.5. The lowest BCUT2D eigenvalue weighted by atomic mass is 9.97. The van der Waals surface area contributed by atoms with Gasteiger partial charge in [0.15, 0.2) is 5.96 Å². The lowest BCUT2D eigenvalue weighted by molar-refractivity contribution is -0.123. The van der Waals surface area contributed by atoms with E-state index in [1.807, 2.05) is 7.05 Å².